The van der Waals surface area contributed by atoms with Gasteiger partial charge in [0.05, 0.1) is 23.4 Å². The van der Waals surface area contributed by atoms with Gasteiger partial charge in [-0.2, -0.15) is 9.50 Å². The minimum absolute atomic E-state index is 0.551. The van der Waals surface area contributed by atoms with E-state index in [4.69, 9.17) is 4.74 Å². The standard InChI is InChI=1S/C15H21N7OS/c1-3-21-7-5-10-11(9-21)24-14-12(10)13(16-6-4-8-23-2)17-15-18-19-20-22(14)15/h3-9H2,1-2H3,(H,16,17,18,20)/p+1. The van der Waals surface area contributed by atoms with Crippen LogP contribution in [0.5, 0.6) is 0 Å². The fourth-order valence-corrected chi connectivity index (χ4v) is 4.67. The summed E-state index contributed by atoms with van der Waals surface area (Å²) in [7, 11) is 1.72. The van der Waals surface area contributed by atoms with E-state index in [-0.39, 0.29) is 0 Å². The van der Waals surface area contributed by atoms with E-state index in [2.05, 4.69) is 32.7 Å². The molecule has 0 radical (unpaired) electrons. The predicted octanol–water partition coefficient (Wildman–Crippen LogP) is 0.143. The Bertz CT molecular complexity index is 858. The van der Waals surface area contributed by atoms with E-state index in [1.165, 1.54) is 22.4 Å². The van der Waals surface area contributed by atoms with E-state index in [1.807, 2.05) is 0 Å². The van der Waals surface area contributed by atoms with Gasteiger partial charge in [0.1, 0.15) is 17.2 Å². The van der Waals surface area contributed by atoms with Crippen LogP contribution in [-0.4, -0.2) is 58.4 Å². The van der Waals surface area contributed by atoms with Crippen LogP contribution in [0.1, 0.15) is 23.8 Å². The van der Waals surface area contributed by atoms with Gasteiger partial charge in [0.15, 0.2) is 0 Å². The summed E-state index contributed by atoms with van der Waals surface area (Å²) in [4.78, 5) is 8.83. The first-order valence-corrected chi connectivity index (χ1v) is 9.22. The van der Waals surface area contributed by atoms with Crippen LogP contribution in [0.15, 0.2) is 0 Å². The molecule has 1 atom stereocenters. The molecule has 0 aromatic carbocycles. The van der Waals surface area contributed by atoms with Gasteiger partial charge in [0.25, 0.3) is 5.78 Å². The number of hydrogen-bond acceptors (Lipinski definition) is 7. The predicted molar refractivity (Wildman–Crippen MR) is 92.7 cm³/mol. The molecule has 3 aromatic rings. The second-order valence-electron chi connectivity index (χ2n) is 6.09. The lowest BCUT2D eigenvalue weighted by Crippen LogP contribution is -3.11. The monoisotopic (exact) mass is 348 g/mol. The maximum atomic E-state index is 5.13. The lowest BCUT2D eigenvalue weighted by molar-refractivity contribution is -0.913. The van der Waals surface area contributed by atoms with E-state index < -0.39 is 0 Å². The SMILES string of the molecule is CC[NH+]1CCc2c(sc3c2c(NCCCOC)nc2nnnn23)C1. The Balaban J connectivity index is 1.79. The Morgan fingerprint density at radius 1 is 1.42 bits per heavy atom. The fraction of sp³-hybridized carbons (Fsp3) is 0.600. The van der Waals surface area contributed by atoms with E-state index >= 15 is 0 Å². The van der Waals surface area contributed by atoms with Crippen LogP contribution in [-0.2, 0) is 17.7 Å². The highest BCUT2D eigenvalue weighted by atomic mass is 32.1. The van der Waals surface area contributed by atoms with Gasteiger partial charge >= 0.3 is 0 Å². The third-order valence-corrected chi connectivity index (χ3v) is 5.83. The highest BCUT2D eigenvalue weighted by Crippen LogP contribution is 2.36. The average Bonchev–Trinajstić information content (AvgIpc) is 3.21. The van der Waals surface area contributed by atoms with Gasteiger partial charge < -0.3 is 15.0 Å². The molecule has 1 aliphatic rings. The number of anilines is 1. The minimum atomic E-state index is 0.551. The summed E-state index contributed by atoms with van der Waals surface area (Å²) in [6.45, 7) is 7.22. The summed E-state index contributed by atoms with van der Waals surface area (Å²) >= 11 is 1.81. The Kier molecular flexibility index (Phi) is 4.30. The van der Waals surface area contributed by atoms with Crippen molar-refractivity contribution in [2.24, 2.45) is 0 Å². The van der Waals surface area contributed by atoms with Gasteiger partial charge in [-0.15, -0.1) is 11.3 Å². The van der Waals surface area contributed by atoms with Crippen LogP contribution in [0.3, 0.4) is 0 Å². The van der Waals surface area contributed by atoms with Crippen LogP contribution >= 0.6 is 11.3 Å². The van der Waals surface area contributed by atoms with Crippen LogP contribution in [0.4, 0.5) is 5.82 Å². The fourth-order valence-electron chi connectivity index (χ4n) is 3.31. The molecule has 0 aliphatic carbocycles. The van der Waals surface area contributed by atoms with Crippen LogP contribution < -0.4 is 10.2 Å². The van der Waals surface area contributed by atoms with Gasteiger partial charge in [-0.1, -0.05) is 5.10 Å². The first kappa shape index (κ1) is 15.7. The quantitative estimate of drug-likeness (QED) is 0.617. The van der Waals surface area contributed by atoms with Crippen LogP contribution in [0.25, 0.3) is 16.0 Å². The zero-order chi connectivity index (χ0) is 16.5. The summed E-state index contributed by atoms with van der Waals surface area (Å²) in [5.41, 5.74) is 1.42. The molecule has 3 aromatic heterocycles. The van der Waals surface area contributed by atoms with Crippen molar-refractivity contribution in [2.45, 2.75) is 26.3 Å². The first-order chi connectivity index (χ1) is 11.8. The summed E-state index contributed by atoms with van der Waals surface area (Å²) in [6, 6.07) is 0. The highest BCUT2D eigenvalue weighted by Gasteiger charge is 2.26. The Labute approximate surface area is 143 Å². The molecular weight excluding hydrogens is 326 g/mol. The average molecular weight is 348 g/mol. The molecule has 128 valence electrons. The number of thiophene rings is 1. The normalized spacial score (nSPS) is 17.5. The molecule has 9 heteroatoms. The zero-order valence-electron chi connectivity index (χ0n) is 14.0. The Hall–Kier alpha value is -1.84. The number of hydrogen-bond donors (Lipinski definition) is 2. The van der Waals surface area contributed by atoms with Crippen LogP contribution in [0, 0.1) is 0 Å². The number of nitrogens with zero attached hydrogens (tertiary/aromatic N) is 5. The van der Waals surface area contributed by atoms with Crippen LogP contribution in [0.2, 0.25) is 0 Å². The summed E-state index contributed by atoms with van der Waals surface area (Å²) in [5, 5.41) is 16.6. The number of methoxy groups -OCH3 is 1. The molecule has 0 bridgehead atoms. The van der Waals surface area contributed by atoms with Gasteiger partial charge in [-0.25, -0.2) is 0 Å². The van der Waals surface area contributed by atoms with Gasteiger partial charge in [-0.05, 0) is 29.3 Å². The van der Waals surface area contributed by atoms with E-state index in [9.17, 15) is 0 Å². The molecule has 1 aliphatic heterocycles. The molecule has 0 fully saturated rings. The topological polar surface area (TPSA) is 81.7 Å². The second kappa shape index (κ2) is 6.58. The second-order valence-corrected chi connectivity index (χ2v) is 7.17. The number of fused-ring (bicyclic) bond motifs is 5. The Morgan fingerprint density at radius 3 is 3.17 bits per heavy atom. The van der Waals surface area contributed by atoms with E-state index in [0.717, 1.165) is 49.7 Å². The smallest absolute Gasteiger partial charge is 0.276 e. The summed E-state index contributed by atoms with van der Waals surface area (Å²) < 4.78 is 6.90. The number of likely N-dealkylation sites (N-methyl/N-ethyl adjacent to an activating group) is 1. The number of ether oxygens (including phenoxy) is 1. The van der Waals surface area contributed by atoms with Crippen molar-refractivity contribution in [3.8, 4) is 0 Å². The maximum Gasteiger partial charge on any atom is 0.276 e. The van der Waals surface area contributed by atoms with Crippen molar-refractivity contribution in [2.75, 3.05) is 38.7 Å². The van der Waals surface area contributed by atoms with Crippen molar-refractivity contribution in [1.29, 1.82) is 0 Å². The molecule has 0 amide bonds. The highest BCUT2D eigenvalue weighted by molar-refractivity contribution is 7.19. The van der Waals surface area contributed by atoms with Crippen molar-refractivity contribution >= 4 is 33.1 Å². The number of aromatic nitrogens is 5. The lowest BCUT2D eigenvalue weighted by atomic mass is 10.0. The van der Waals surface area contributed by atoms with Gasteiger partial charge in [0, 0.05) is 26.7 Å². The Morgan fingerprint density at radius 2 is 2.33 bits per heavy atom. The van der Waals surface area contributed by atoms with Gasteiger partial charge in [-0.3, -0.25) is 0 Å². The number of rotatable bonds is 6. The summed E-state index contributed by atoms with van der Waals surface area (Å²) in [5.74, 6) is 1.45. The zero-order valence-corrected chi connectivity index (χ0v) is 14.8. The molecule has 1 unspecified atom stereocenters. The molecular formula is C15H22N7OS+. The van der Waals surface area contributed by atoms with E-state index in [1.54, 1.807) is 27.9 Å². The largest absolute Gasteiger partial charge is 0.385 e. The lowest BCUT2D eigenvalue weighted by Gasteiger charge is -2.22. The molecule has 0 spiro atoms. The van der Waals surface area contributed by atoms with Gasteiger partial charge in [0.2, 0.25) is 0 Å². The van der Waals surface area contributed by atoms with Crippen molar-refractivity contribution < 1.29 is 9.64 Å². The molecule has 0 saturated carbocycles. The van der Waals surface area contributed by atoms with Crippen molar-refractivity contribution in [3.63, 3.8) is 0 Å². The summed E-state index contributed by atoms with van der Waals surface area (Å²) in [6.07, 6.45) is 2.02. The van der Waals surface area contributed by atoms with Crippen molar-refractivity contribution in [1.82, 2.24) is 25.0 Å². The molecule has 4 heterocycles. The molecule has 8 nitrogen and oxygen atoms in total. The van der Waals surface area contributed by atoms with E-state index in [0.29, 0.717) is 5.78 Å². The third-order valence-electron chi connectivity index (χ3n) is 4.62. The third kappa shape index (κ3) is 2.62. The minimum Gasteiger partial charge on any atom is -0.385 e. The molecule has 4 rings (SSSR count). The van der Waals surface area contributed by atoms with Crippen molar-refractivity contribution in [3.05, 3.63) is 10.4 Å². The number of quaternary nitrogens is 1. The maximum absolute atomic E-state index is 5.13. The molecule has 2 N–H and O–H groups in total. The molecule has 24 heavy (non-hydrogen) atoms. The molecule has 0 saturated heterocycles. The number of nitrogens with one attached hydrogen (secondary N) is 2. The number of tetrazole rings is 1. The first-order valence-electron chi connectivity index (χ1n) is 8.40.